The Kier molecular flexibility index (Phi) is 5.17. The molecule has 0 aromatic heterocycles. The first-order valence-electron chi connectivity index (χ1n) is 9.05. The first-order valence-corrected chi connectivity index (χ1v) is 10.8. The smallest absolute Gasteiger partial charge is 0.227 e. The van der Waals surface area contributed by atoms with Crippen molar-refractivity contribution < 1.29 is 9.67 Å². The number of rotatable bonds is 4. The Morgan fingerprint density at radius 1 is 0.852 bits per heavy atom. The minimum atomic E-state index is -3.17. The Morgan fingerprint density at radius 3 is 1.78 bits per heavy atom. The Balaban J connectivity index is 2.17. The summed E-state index contributed by atoms with van der Waals surface area (Å²) in [5, 5.41) is 15.3. The second kappa shape index (κ2) is 7.25. The van der Waals surface area contributed by atoms with E-state index in [1.165, 1.54) is 0 Å². The average molecular weight is 379 g/mol. The lowest BCUT2D eigenvalue weighted by Crippen LogP contribution is -2.22. The molecule has 2 N–H and O–H groups in total. The second-order valence-corrected chi connectivity index (χ2v) is 10.3. The molecule has 0 heterocycles. The highest BCUT2D eigenvalue weighted by Crippen LogP contribution is 2.47. The fourth-order valence-electron chi connectivity index (χ4n) is 3.02. The zero-order valence-electron chi connectivity index (χ0n) is 16.2. The number of nitrogens with one attached hydrogen (secondary N) is 1. The third kappa shape index (κ3) is 3.94. The maximum absolute atomic E-state index is 14.2. The minimum Gasteiger partial charge on any atom is -0.505 e. The van der Waals surface area contributed by atoms with Crippen LogP contribution in [-0.2, 0) is 9.98 Å². The summed E-state index contributed by atoms with van der Waals surface area (Å²) >= 11 is 0. The summed E-state index contributed by atoms with van der Waals surface area (Å²) < 4.78 is 14.2. The molecule has 0 aliphatic carbocycles. The van der Waals surface area contributed by atoms with E-state index >= 15 is 0 Å². The van der Waals surface area contributed by atoms with Crippen molar-refractivity contribution in [1.82, 2.24) is 0 Å². The molecular weight excluding hydrogens is 353 g/mol. The van der Waals surface area contributed by atoms with Crippen LogP contribution in [0.1, 0.15) is 31.9 Å². The molecule has 0 fully saturated rings. The number of anilines is 1. The van der Waals surface area contributed by atoms with Gasteiger partial charge in [0.15, 0.2) is 0 Å². The van der Waals surface area contributed by atoms with E-state index in [4.69, 9.17) is 0 Å². The quantitative estimate of drug-likeness (QED) is 0.475. The molecule has 3 nitrogen and oxygen atoms in total. The molecular formula is C23H26NO2P. The van der Waals surface area contributed by atoms with Crippen molar-refractivity contribution in [2.45, 2.75) is 33.1 Å². The number of benzene rings is 3. The highest BCUT2D eigenvalue weighted by Gasteiger charge is 2.29. The molecule has 0 amide bonds. The lowest BCUT2D eigenvalue weighted by atomic mass is 9.86. The van der Waals surface area contributed by atoms with Gasteiger partial charge in [-0.05, 0) is 53.8 Å². The van der Waals surface area contributed by atoms with Gasteiger partial charge in [0.2, 0.25) is 7.29 Å². The SMILES string of the molecule is Cc1cc(C(C)(C)C)cc(NP(=O)(c2ccccc2)c2ccccc2)c1O. The van der Waals surface area contributed by atoms with Crippen molar-refractivity contribution in [3.8, 4) is 5.75 Å². The van der Waals surface area contributed by atoms with Crippen LogP contribution < -0.4 is 15.7 Å². The molecule has 0 aliphatic heterocycles. The highest BCUT2D eigenvalue weighted by molar-refractivity contribution is 7.80. The standard InChI is InChI=1S/C23H26NO2P/c1-17-15-18(23(2,3)4)16-21(22(17)25)24-27(26,19-11-7-5-8-12-19)20-13-9-6-10-14-20/h5-16,25H,1-4H3,(H,24,26). The van der Waals surface area contributed by atoms with Gasteiger partial charge in [0.05, 0.1) is 5.69 Å². The maximum Gasteiger partial charge on any atom is 0.227 e. The van der Waals surface area contributed by atoms with Gasteiger partial charge in [0.25, 0.3) is 0 Å². The fourth-order valence-corrected chi connectivity index (χ4v) is 5.27. The van der Waals surface area contributed by atoms with Gasteiger partial charge in [-0.1, -0.05) is 63.2 Å². The molecule has 0 atom stereocenters. The Morgan fingerprint density at radius 2 is 1.33 bits per heavy atom. The second-order valence-electron chi connectivity index (χ2n) is 7.83. The van der Waals surface area contributed by atoms with E-state index in [9.17, 15) is 9.67 Å². The van der Waals surface area contributed by atoms with Gasteiger partial charge in [-0.3, -0.25) is 4.57 Å². The van der Waals surface area contributed by atoms with Crippen LogP contribution in [0.4, 0.5) is 5.69 Å². The lowest BCUT2D eigenvalue weighted by Gasteiger charge is -2.26. The van der Waals surface area contributed by atoms with E-state index in [1.807, 2.05) is 79.7 Å². The van der Waals surface area contributed by atoms with E-state index in [1.54, 1.807) is 0 Å². The minimum absolute atomic E-state index is 0.0849. The summed E-state index contributed by atoms with van der Waals surface area (Å²) in [5.74, 6) is 0.134. The van der Waals surface area contributed by atoms with Crippen LogP contribution in [0.5, 0.6) is 5.75 Å². The molecule has 0 spiro atoms. The van der Waals surface area contributed by atoms with Crippen LogP contribution in [0.2, 0.25) is 0 Å². The van der Waals surface area contributed by atoms with Crippen LogP contribution in [0.25, 0.3) is 0 Å². The fraction of sp³-hybridized carbons (Fsp3) is 0.217. The van der Waals surface area contributed by atoms with E-state index < -0.39 is 7.29 Å². The molecule has 3 rings (SSSR count). The van der Waals surface area contributed by atoms with Gasteiger partial charge < -0.3 is 10.2 Å². The number of aryl methyl sites for hydroxylation is 1. The van der Waals surface area contributed by atoms with Crippen molar-refractivity contribution in [1.29, 1.82) is 0 Å². The molecule has 3 aromatic carbocycles. The van der Waals surface area contributed by atoms with Gasteiger partial charge in [-0.15, -0.1) is 0 Å². The molecule has 0 unspecified atom stereocenters. The van der Waals surface area contributed by atoms with Gasteiger partial charge in [-0.25, -0.2) is 0 Å². The predicted molar refractivity (Wildman–Crippen MR) is 115 cm³/mol. The van der Waals surface area contributed by atoms with Crippen LogP contribution in [-0.4, -0.2) is 5.11 Å². The van der Waals surface area contributed by atoms with Crippen LogP contribution in [0.15, 0.2) is 72.8 Å². The zero-order chi connectivity index (χ0) is 19.7. The first kappa shape index (κ1) is 19.3. The van der Waals surface area contributed by atoms with Crippen molar-refractivity contribution in [2.75, 3.05) is 5.09 Å². The predicted octanol–water partition coefficient (Wildman–Crippen LogP) is 5.34. The van der Waals surface area contributed by atoms with Crippen molar-refractivity contribution in [3.63, 3.8) is 0 Å². The normalized spacial score (nSPS) is 12.0. The molecule has 140 valence electrons. The van der Waals surface area contributed by atoms with Gasteiger partial charge in [0.1, 0.15) is 5.75 Å². The molecule has 4 heteroatoms. The molecule has 0 bridgehead atoms. The Hall–Kier alpha value is -2.51. The monoisotopic (exact) mass is 379 g/mol. The Labute approximate surface area is 161 Å². The zero-order valence-corrected chi connectivity index (χ0v) is 17.1. The van der Waals surface area contributed by atoms with Crippen LogP contribution >= 0.6 is 7.29 Å². The largest absolute Gasteiger partial charge is 0.505 e. The summed E-state index contributed by atoms with van der Waals surface area (Å²) in [4.78, 5) is 0. The number of phenolic OH excluding ortho intramolecular Hbond substituents is 1. The van der Waals surface area contributed by atoms with Gasteiger partial charge in [0, 0.05) is 10.6 Å². The third-order valence-electron chi connectivity index (χ3n) is 4.68. The van der Waals surface area contributed by atoms with Crippen molar-refractivity contribution in [3.05, 3.63) is 83.9 Å². The summed E-state index contributed by atoms with van der Waals surface area (Å²) in [6.07, 6.45) is 0. The van der Waals surface area contributed by atoms with E-state index in [0.29, 0.717) is 16.3 Å². The summed E-state index contributed by atoms with van der Waals surface area (Å²) in [5.41, 5.74) is 2.25. The van der Waals surface area contributed by atoms with Crippen LogP contribution in [0.3, 0.4) is 0 Å². The average Bonchev–Trinajstić information content (AvgIpc) is 2.65. The molecule has 3 aromatic rings. The Bertz CT molecular complexity index is 933. The highest BCUT2D eigenvalue weighted by atomic mass is 31.2. The lowest BCUT2D eigenvalue weighted by molar-refractivity contribution is 0.472. The number of hydrogen-bond donors (Lipinski definition) is 2. The first-order chi connectivity index (χ1) is 12.7. The molecule has 0 aliphatic rings. The number of phenols is 1. The summed E-state index contributed by atoms with van der Waals surface area (Å²) in [6.45, 7) is 8.23. The topological polar surface area (TPSA) is 49.3 Å². The summed E-state index contributed by atoms with van der Waals surface area (Å²) in [6, 6.07) is 22.6. The van der Waals surface area contributed by atoms with Crippen LogP contribution in [0, 0.1) is 6.92 Å². The molecule has 27 heavy (non-hydrogen) atoms. The van der Waals surface area contributed by atoms with Gasteiger partial charge >= 0.3 is 0 Å². The number of hydrogen-bond acceptors (Lipinski definition) is 2. The van der Waals surface area contributed by atoms with E-state index in [-0.39, 0.29) is 11.2 Å². The number of aromatic hydroxyl groups is 1. The molecule has 0 saturated heterocycles. The van der Waals surface area contributed by atoms with E-state index in [2.05, 4.69) is 25.9 Å². The van der Waals surface area contributed by atoms with Crippen molar-refractivity contribution in [2.24, 2.45) is 0 Å². The van der Waals surface area contributed by atoms with Crippen molar-refractivity contribution >= 4 is 23.6 Å². The van der Waals surface area contributed by atoms with E-state index in [0.717, 1.165) is 11.1 Å². The molecule has 0 radical (unpaired) electrons. The summed E-state index contributed by atoms with van der Waals surface area (Å²) in [7, 11) is -3.17. The van der Waals surface area contributed by atoms with Gasteiger partial charge in [-0.2, -0.15) is 0 Å². The maximum atomic E-state index is 14.2. The molecule has 0 saturated carbocycles. The third-order valence-corrected chi connectivity index (χ3v) is 7.29.